The van der Waals surface area contributed by atoms with Gasteiger partial charge in [-0.25, -0.2) is 4.68 Å². The summed E-state index contributed by atoms with van der Waals surface area (Å²) in [5.74, 6) is -0.682. The summed E-state index contributed by atoms with van der Waals surface area (Å²) in [7, 11) is 0. The first-order valence-corrected chi connectivity index (χ1v) is 7.89. The summed E-state index contributed by atoms with van der Waals surface area (Å²) >= 11 is 0. The number of hydrogen-bond acceptors (Lipinski definition) is 4. The van der Waals surface area contributed by atoms with Crippen LogP contribution in [0, 0.1) is 13.8 Å². The third kappa shape index (κ3) is 3.56. The number of rotatable bonds is 3. The van der Waals surface area contributed by atoms with Gasteiger partial charge in [-0.05, 0) is 26.0 Å². The number of Topliss-reactive ketones (excluding diaryl/α,β-unsaturated/α-hetero) is 1. The number of benzene rings is 1. The molecule has 1 aromatic carbocycles. The van der Waals surface area contributed by atoms with Crippen LogP contribution in [-0.2, 0) is 4.79 Å². The Morgan fingerprint density at radius 2 is 2.00 bits per heavy atom. The van der Waals surface area contributed by atoms with Crippen molar-refractivity contribution in [1.82, 2.24) is 14.7 Å². The Bertz CT molecular complexity index is 874. The van der Waals surface area contributed by atoms with Gasteiger partial charge in [0.05, 0.1) is 29.2 Å². The Kier molecular flexibility index (Phi) is 4.47. The fourth-order valence-electron chi connectivity index (χ4n) is 2.98. The maximum absolute atomic E-state index is 12.7. The number of amides is 1. The number of ketones is 1. The Balaban J connectivity index is 1.94. The minimum Gasteiger partial charge on any atom is -0.406 e. The smallest absolute Gasteiger partial charge is 0.406 e. The zero-order valence-corrected chi connectivity index (χ0v) is 14.1. The highest BCUT2D eigenvalue weighted by atomic mass is 19.4. The van der Waals surface area contributed by atoms with Gasteiger partial charge in [-0.2, -0.15) is 5.10 Å². The molecule has 26 heavy (non-hydrogen) atoms. The van der Waals surface area contributed by atoms with Crippen molar-refractivity contribution in [3.05, 3.63) is 41.2 Å². The lowest BCUT2D eigenvalue weighted by molar-refractivity contribution is -0.274. The van der Waals surface area contributed by atoms with Crippen LogP contribution in [0.5, 0.6) is 5.75 Å². The molecule has 1 amide bonds. The number of halogens is 3. The molecule has 0 aliphatic carbocycles. The average molecular weight is 367 g/mol. The topological polar surface area (TPSA) is 64.4 Å². The number of nitrogens with zero attached hydrogens (tertiary/aromatic N) is 3. The van der Waals surface area contributed by atoms with Crippen molar-refractivity contribution in [2.24, 2.45) is 0 Å². The van der Waals surface area contributed by atoms with Crippen molar-refractivity contribution in [3.63, 3.8) is 0 Å². The van der Waals surface area contributed by atoms with Crippen LogP contribution in [0.3, 0.4) is 0 Å². The summed E-state index contributed by atoms with van der Waals surface area (Å²) in [5.41, 5.74) is 1.61. The van der Waals surface area contributed by atoms with Gasteiger partial charge in [0.2, 0.25) is 0 Å². The molecule has 0 atom stereocenters. The van der Waals surface area contributed by atoms with Gasteiger partial charge in [-0.15, -0.1) is 13.2 Å². The third-order valence-corrected chi connectivity index (χ3v) is 4.12. The number of ether oxygens (including phenoxy) is 1. The number of carbonyl (C=O) groups is 2. The van der Waals surface area contributed by atoms with Gasteiger partial charge < -0.3 is 9.64 Å². The van der Waals surface area contributed by atoms with Crippen molar-refractivity contribution in [1.29, 1.82) is 0 Å². The van der Waals surface area contributed by atoms with Gasteiger partial charge in [0.15, 0.2) is 5.78 Å². The second kappa shape index (κ2) is 6.47. The van der Waals surface area contributed by atoms with Crippen LogP contribution in [0.15, 0.2) is 24.3 Å². The summed E-state index contributed by atoms with van der Waals surface area (Å²) in [6.45, 7) is 3.72. The number of likely N-dealkylation sites (tertiary alicyclic amines) is 1. The van der Waals surface area contributed by atoms with E-state index in [9.17, 15) is 22.8 Å². The molecule has 1 aliphatic heterocycles. The van der Waals surface area contributed by atoms with Gasteiger partial charge >= 0.3 is 6.36 Å². The summed E-state index contributed by atoms with van der Waals surface area (Å²) in [4.78, 5) is 25.5. The van der Waals surface area contributed by atoms with E-state index >= 15 is 0 Å². The molecule has 6 nitrogen and oxygen atoms in total. The van der Waals surface area contributed by atoms with E-state index in [2.05, 4.69) is 9.84 Å². The molecule has 0 N–H and O–H groups in total. The van der Waals surface area contributed by atoms with Crippen molar-refractivity contribution in [2.75, 3.05) is 13.1 Å². The van der Waals surface area contributed by atoms with Gasteiger partial charge in [0, 0.05) is 19.0 Å². The molecule has 1 saturated heterocycles. The highest BCUT2D eigenvalue weighted by Gasteiger charge is 2.32. The largest absolute Gasteiger partial charge is 0.573 e. The molecule has 138 valence electrons. The zero-order chi connectivity index (χ0) is 19.1. The minimum absolute atomic E-state index is 0.00181. The van der Waals surface area contributed by atoms with E-state index in [-0.39, 0.29) is 24.0 Å². The Morgan fingerprint density at radius 3 is 2.62 bits per heavy atom. The van der Waals surface area contributed by atoms with Crippen LogP contribution in [0.4, 0.5) is 13.2 Å². The maximum atomic E-state index is 12.7. The highest BCUT2D eigenvalue weighted by Crippen LogP contribution is 2.26. The van der Waals surface area contributed by atoms with E-state index in [1.165, 1.54) is 27.8 Å². The lowest BCUT2D eigenvalue weighted by atomic mass is 10.1. The Hall–Kier alpha value is -2.84. The van der Waals surface area contributed by atoms with Gasteiger partial charge in [0.1, 0.15) is 5.75 Å². The van der Waals surface area contributed by atoms with Gasteiger partial charge in [0.25, 0.3) is 5.91 Å². The molecule has 0 spiro atoms. The first-order chi connectivity index (χ1) is 12.2. The number of alkyl halides is 3. The zero-order valence-electron chi connectivity index (χ0n) is 14.1. The molecule has 1 aromatic heterocycles. The van der Waals surface area contributed by atoms with E-state index < -0.39 is 6.36 Å². The summed E-state index contributed by atoms with van der Waals surface area (Å²) in [6, 6.07) is 5.36. The lowest BCUT2D eigenvalue weighted by Crippen LogP contribution is -2.29. The first kappa shape index (κ1) is 18.0. The Labute approximate surface area is 147 Å². The molecule has 0 unspecified atom stereocenters. The Morgan fingerprint density at radius 1 is 1.27 bits per heavy atom. The van der Waals surface area contributed by atoms with Crippen LogP contribution in [0.2, 0.25) is 0 Å². The van der Waals surface area contributed by atoms with Crippen LogP contribution in [0.1, 0.15) is 28.2 Å². The molecule has 0 radical (unpaired) electrons. The fraction of sp³-hybridized carbons (Fsp3) is 0.353. The van der Waals surface area contributed by atoms with Crippen molar-refractivity contribution in [2.45, 2.75) is 26.6 Å². The van der Waals surface area contributed by atoms with Crippen molar-refractivity contribution in [3.8, 4) is 11.4 Å². The van der Waals surface area contributed by atoms with E-state index in [1.807, 2.05) is 0 Å². The predicted molar refractivity (Wildman–Crippen MR) is 85.2 cm³/mol. The quantitative estimate of drug-likeness (QED) is 0.837. The van der Waals surface area contributed by atoms with Crippen LogP contribution >= 0.6 is 0 Å². The van der Waals surface area contributed by atoms with E-state index in [4.69, 9.17) is 0 Å². The summed E-state index contributed by atoms with van der Waals surface area (Å²) < 4.78 is 42.6. The molecule has 3 rings (SSSR count). The maximum Gasteiger partial charge on any atom is 0.573 e. The fourth-order valence-corrected chi connectivity index (χ4v) is 2.98. The summed E-state index contributed by atoms with van der Waals surface area (Å²) in [5, 5.41) is 4.28. The molecule has 1 fully saturated rings. The second-order valence-electron chi connectivity index (χ2n) is 6.02. The average Bonchev–Trinajstić information content (AvgIpc) is 3.09. The number of aryl methyl sites for hydroxylation is 1. The monoisotopic (exact) mass is 367 g/mol. The SMILES string of the molecule is Cc1nn(-c2cccc(OC(F)(F)F)c2)c(C)c1C(=O)N1CCC(=O)C1. The molecular weight excluding hydrogens is 351 g/mol. The molecule has 0 saturated carbocycles. The third-order valence-electron chi connectivity index (χ3n) is 4.12. The predicted octanol–water partition coefficient (Wildman–Crippen LogP) is 2.80. The highest BCUT2D eigenvalue weighted by molar-refractivity contribution is 6.00. The number of hydrogen-bond donors (Lipinski definition) is 0. The van der Waals surface area contributed by atoms with E-state index in [1.54, 1.807) is 19.9 Å². The van der Waals surface area contributed by atoms with Crippen molar-refractivity contribution < 1.29 is 27.5 Å². The van der Waals surface area contributed by atoms with Crippen molar-refractivity contribution >= 4 is 11.7 Å². The van der Waals surface area contributed by atoms with Gasteiger partial charge in [-0.3, -0.25) is 9.59 Å². The lowest BCUT2D eigenvalue weighted by Gasteiger charge is -2.14. The number of aromatic nitrogens is 2. The van der Waals surface area contributed by atoms with Crippen LogP contribution < -0.4 is 4.74 Å². The molecule has 1 aliphatic rings. The van der Waals surface area contributed by atoms with E-state index in [0.717, 1.165) is 0 Å². The molecule has 9 heteroatoms. The standard InChI is InChI=1S/C17H16F3N3O3/c1-10-15(16(25)22-7-6-13(24)9-22)11(2)23(21-10)12-4-3-5-14(8-12)26-17(18,19)20/h3-5,8H,6-7,9H2,1-2H3. The normalized spacial score (nSPS) is 14.8. The minimum atomic E-state index is -4.79. The molecular formula is C17H16F3N3O3. The van der Waals surface area contributed by atoms with Gasteiger partial charge in [-0.1, -0.05) is 6.07 Å². The summed E-state index contributed by atoms with van der Waals surface area (Å²) in [6.07, 6.45) is -4.47. The second-order valence-corrected chi connectivity index (χ2v) is 6.02. The molecule has 0 bridgehead atoms. The first-order valence-electron chi connectivity index (χ1n) is 7.89. The molecule has 2 heterocycles. The van der Waals surface area contributed by atoms with Crippen LogP contribution in [-0.4, -0.2) is 45.8 Å². The number of carbonyl (C=O) groups excluding carboxylic acids is 2. The molecule has 2 aromatic rings. The van der Waals surface area contributed by atoms with E-state index in [0.29, 0.717) is 35.6 Å². The van der Waals surface area contributed by atoms with Crippen LogP contribution in [0.25, 0.3) is 5.69 Å².